The molecule has 1 unspecified atom stereocenters. The molecule has 1 aromatic heterocycles. The lowest BCUT2D eigenvalue weighted by Gasteiger charge is -2.22. The van der Waals surface area contributed by atoms with Gasteiger partial charge in [-0.25, -0.2) is 4.79 Å². The van der Waals surface area contributed by atoms with E-state index in [9.17, 15) is 9.90 Å². The van der Waals surface area contributed by atoms with Gasteiger partial charge in [0.1, 0.15) is 5.60 Å². The van der Waals surface area contributed by atoms with E-state index in [1.807, 2.05) is 38.4 Å². The first-order valence-corrected chi connectivity index (χ1v) is 7.76. The fraction of sp³-hybridized carbons (Fsp3) is 0.412. The number of benzene rings is 1. The Labute approximate surface area is 142 Å². The molecule has 0 saturated heterocycles. The molecule has 7 nitrogen and oxygen atoms in total. The first-order valence-electron chi connectivity index (χ1n) is 7.76. The molecule has 0 spiro atoms. The average molecular weight is 331 g/mol. The van der Waals surface area contributed by atoms with E-state index in [1.54, 1.807) is 31.0 Å². The number of rotatable bonds is 6. The minimum absolute atomic E-state index is 0.0852. The summed E-state index contributed by atoms with van der Waals surface area (Å²) in [6.07, 6.45) is 3.31. The van der Waals surface area contributed by atoms with Crippen LogP contribution in [0.1, 0.15) is 18.1 Å². The molecule has 7 heteroatoms. The molecule has 1 aromatic carbocycles. The van der Waals surface area contributed by atoms with Gasteiger partial charge in [0.2, 0.25) is 0 Å². The van der Waals surface area contributed by atoms with E-state index in [4.69, 9.17) is 0 Å². The lowest BCUT2D eigenvalue weighted by atomic mass is 10.00. The second-order valence-corrected chi connectivity index (χ2v) is 6.42. The maximum atomic E-state index is 12.1. The largest absolute Gasteiger partial charge is 0.383 e. The van der Waals surface area contributed by atoms with Gasteiger partial charge in [0.25, 0.3) is 0 Å². The standard InChI is InChI=1S/C17H25N5O2/c1-17(24,14-9-19-22(4)11-14)12-18-16(23)20-15-7-5-6-13(8-15)10-21(2)3/h5-9,11,24H,10,12H2,1-4H3,(H2,18,20,23). The Balaban J connectivity index is 1.91. The maximum absolute atomic E-state index is 12.1. The summed E-state index contributed by atoms with van der Waals surface area (Å²) in [6, 6.07) is 7.31. The highest BCUT2D eigenvalue weighted by Gasteiger charge is 2.25. The Morgan fingerprint density at radius 2 is 2.17 bits per heavy atom. The van der Waals surface area contributed by atoms with Gasteiger partial charge in [-0.2, -0.15) is 5.10 Å². The number of anilines is 1. The summed E-state index contributed by atoms with van der Waals surface area (Å²) < 4.78 is 1.61. The summed E-state index contributed by atoms with van der Waals surface area (Å²) >= 11 is 0. The quantitative estimate of drug-likeness (QED) is 0.749. The lowest BCUT2D eigenvalue weighted by molar-refractivity contribution is 0.0599. The SMILES string of the molecule is CN(C)Cc1cccc(NC(=O)NCC(C)(O)c2cnn(C)c2)c1. The highest BCUT2D eigenvalue weighted by molar-refractivity contribution is 5.89. The van der Waals surface area contributed by atoms with Crippen molar-refractivity contribution in [2.24, 2.45) is 7.05 Å². The van der Waals surface area contributed by atoms with Crippen molar-refractivity contribution in [1.82, 2.24) is 20.0 Å². The van der Waals surface area contributed by atoms with Crippen molar-refractivity contribution in [3.63, 3.8) is 0 Å². The van der Waals surface area contributed by atoms with Crippen molar-refractivity contribution in [1.29, 1.82) is 0 Å². The zero-order chi connectivity index (χ0) is 17.7. The number of carbonyl (C=O) groups excluding carboxylic acids is 1. The summed E-state index contributed by atoms with van der Waals surface area (Å²) in [7, 11) is 5.76. The third-order valence-electron chi connectivity index (χ3n) is 3.60. The van der Waals surface area contributed by atoms with Crippen LogP contribution in [0, 0.1) is 0 Å². The molecule has 24 heavy (non-hydrogen) atoms. The Morgan fingerprint density at radius 1 is 1.42 bits per heavy atom. The molecule has 0 radical (unpaired) electrons. The Morgan fingerprint density at radius 3 is 2.79 bits per heavy atom. The molecule has 2 rings (SSSR count). The van der Waals surface area contributed by atoms with Gasteiger partial charge in [-0.1, -0.05) is 12.1 Å². The van der Waals surface area contributed by atoms with Gasteiger partial charge in [-0.05, 0) is 38.7 Å². The normalized spacial score (nSPS) is 13.6. The van der Waals surface area contributed by atoms with Crippen LogP contribution < -0.4 is 10.6 Å². The van der Waals surface area contributed by atoms with E-state index in [0.29, 0.717) is 11.3 Å². The van der Waals surface area contributed by atoms with Crippen molar-refractivity contribution in [2.45, 2.75) is 19.1 Å². The molecule has 130 valence electrons. The average Bonchev–Trinajstić information content (AvgIpc) is 2.92. The number of nitrogens with one attached hydrogen (secondary N) is 2. The van der Waals surface area contributed by atoms with Crippen LogP contribution >= 0.6 is 0 Å². The second-order valence-electron chi connectivity index (χ2n) is 6.42. The number of aromatic nitrogens is 2. The van der Waals surface area contributed by atoms with E-state index >= 15 is 0 Å². The molecule has 3 N–H and O–H groups in total. The van der Waals surface area contributed by atoms with Gasteiger partial charge in [0.15, 0.2) is 0 Å². The molecule has 0 aliphatic carbocycles. The number of hydrogen-bond acceptors (Lipinski definition) is 4. The number of hydrogen-bond donors (Lipinski definition) is 3. The first-order chi connectivity index (χ1) is 11.3. The molecular formula is C17H25N5O2. The molecule has 1 atom stereocenters. The number of nitrogens with zero attached hydrogens (tertiary/aromatic N) is 3. The van der Waals surface area contributed by atoms with Crippen LogP contribution in [-0.2, 0) is 19.2 Å². The minimum Gasteiger partial charge on any atom is -0.383 e. The minimum atomic E-state index is -1.18. The van der Waals surface area contributed by atoms with Crippen molar-refractivity contribution in [2.75, 3.05) is 26.0 Å². The number of aryl methyl sites for hydroxylation is 1. The smallest absolute Gasteiger partial charge is 0.319 e. The van der Waals surface area contributed by atoms with Crippen molar-refractivity contribution in [3.05, 3.63) is 47.8 Å². The van der Waals surface area contributed by atoms with E-state index in [2.05, 4.69) is 20.6 Å². The number of carbonyl (C=O) groups is 1. The van der Waals surface area contributed by atoms with Gasteiger partial charge in [0.05, 0.1) is 12.7 Å². The highest BCUT2D eigenvalue weighted by atomic mass is 16.3. The Kier molecular flexibility index (Phi) is 5.58. The van der Waals surface area contributed by atoms with E-state index in [1.165, 1.54) is 0 Å². The monoisotopic (exact) mass is 331 g/mol. The lowest BCUT2D eigenvalue weighted by Crippen LogP contribution is -2.40. The summed E-state index contributed by atoms with van der Waals surface area (Å²) in [5.41, 5.74) is 1.30. The van der Waals surface area contributed by atoms with Crippen molar-refractivity contribution in [3.8, 4) is 0 Å². The zero-order valence-electron chi connectivity index (χ0n) is 14.6. The fourth-order valence-corrected chi connectivity index (χ4v) is 2.34. The zero-order valence-corrected chi connectivity index (χ0v) is 14.6. The predicted molar refractivity (Wildman–Crippen MR) is 93.6 cm³/mol. The van der Waals surface area contributed by atoms with Crippen LogP contribution in [0.25, 0.3) is 0 Å². The third-order valence-corrected chi connectivity index (χ3v) is 3.60. The summed E-state index contributed by atoms with van der Waals surface area (Å²) in [4.78, 5) is 14.1. The van der Waals surface area contributed by atoms with Crippen LogP contribution in [0.3, 0.4) is 0 Å². The molecule has 0 aliphatic rings. The highest BCUT2D eigenvalue weighted by Crippen LogP contribution is 2.18. The van der Waals surface area contributed by atoms with Gasteiger partial charge >= 0.3 is 6.03 Å². The molecular weight excluding hydrogens is 306 g/mol. The Bertz CT molecular complexity index is 694. The van der Waals surface area contributed by atoms with E-state index in [0.717, 1.165) is 12.1 Å². The van der Waals surface area contributed by atoms with Gasteiger partial charge in [0, 0.05) is 31.0 Å². The number of aliphatic hydroxyl groups is 1. The van der Waals surface area contributed by atoms with Crippen LogP contribution in [0.5, 0.6) is 0 Å². The second kappa shape index (κ2) is 7.46. The summed E-state index contributed by atoms with van der Waals surface area (Å²) in [6.45, 7) is 2.52. The number of amides is 2. The van der Waals surface area contributed by atoms with Gasteiger partial charge in [-0.15, -0.1) is 0 Å². The molecule has 0 saturated carbocycles. The summed E-state index contributed by atoms with van der Waals surface area (Å²) in [5, 5.41) is 20.0. The van der Waals surface area contributed by atoms with Crippen molar-refractivity contribution < 1.29 is 9.90 Å². The Hall–Kier alpha value is -2.38. The molecule has 0 aliphatic heterocycles. The van der Waals surface area contributed by atoms with Crippen LogP contribution in [0.4, 0.5) is 10.5 Å². The first kappa shape index (κ1) is 18.0. The van der Waals surface area contributed by atoms with Crippen LogP contribution in [0.2, 0.25) is 0 Å². The van der Waals surface area contributed by atoms with E-state index < -0.39 is 5.60 Å². The third kappa shape index (κ3) is 5.07. The van der Waals surface area contributed by atoms with Crippen LogP contribution in [-0.4, -0.2) is 46.5 Å². The van der Waals surface area contributed by atoms with Crippen molar-refractivity contribution >= 4 is 11.7 Å². The van der Waals surface area contributed by atoms with Crippen LogP contribution in [0.15, 0.2) is 36.7 Å². The molecule has 0 fully saturated rings. The van der Waals surface area contributed by atoms with E-state index in [-0.39, 0.29) is 12.6 Å². The maximum Gasteiger partial charge on any atom is 0.319 e. The van der Waals surface area contributed by atoms with Gasteiger partial charge < -0.3 is 20.6 Å². The number of urea groups is 1. The predicted octanol–water partition coefficient (Wildman–Crippen LogP) is 1.51. The topological polar surface area (TPSA) is 82.4 Å². The van der Waals surface area contributed by atoms with Gasteiger partial charge in [-0.3, -0.25) is 4.68 Å². The molecule has 2 amide bonds. The molecule has 1 heterocycles. The fourth-order valence-electron chi connectivity index (χ4n) is 2.34. The summed E-state index contributed by atoms with van der Waals surface area (Å²) in [5.74, 6) is 0. The molecule has 0 bridgehead atoms. The molecule has 2 aromatic rings.